The van der Waals surface area contributed by atoms with Crippen LogP contribution in [-0.2, 0) is 4.79 Å². The van der Waals surface area contributed by atoms with Gasteiger partial charge in [-0.15, -0.1) is 0 Å². The summed E-state index contributed by atoms with van der Waals surface area (Å²) in [6, 6.07) is 23.1. The number of carbonyl (C=O) groups excluding carboxylic acids is 1. The molecule has 156 valence electrons. The lowest BCUT2D eigenvalue weighted by atomic mass is 10.00. The molecule has 0 saturated heterocycles. The first-order valence-electron chi connectivity index (χ1n) is 9.96. The number of halogens is 2. The highest BCUT2D eigenvalue weighted by Gasteiger charge is 2.32. The van der Waals surface area contributed by atoms with Crippen LogP contribution in [0.4, 0.5) is 5.69 Å². The summed E-state index contributed by atoms with van der Waals surface area (Å²) in [5, 5.41) is 6.14. The Morgan fingerprint density at radius 1 is 1.00 bits per heavy atom. The van der Waals surface area contributed by atoms with Gasteiger partial charge in [0.2, 0.25) is 0 Å². The van der Waals surface area contributed by atoms with Crippen LogP contribution in [0.3, 0.4) is 0 Å². The van der Waals surface area contributed by atoms with E-state index >= 15 is 0 Å². The number of ether oxygens (including phenoxy) is 1. The molecule has 0 aromatic heterocycles. The van der Waals surface area contributed by atoms with Gasteiger partial charge in [-0.3, -0.25) is 4.79 Å². The first-order chi connectivity index (χ1) is 15.1. The number of carbonyl (C=O) groups is 1. The van der Waals surface area contributed by atoms with Gasteiger partial charge in [0.25, 0.3) is 5.91 Å². The van der Waals surface area contributed by atoms with Gasteiger partial charge in [-0.1, -0.05) is 71.4 Å². The molecule has 4 nitrogen and oxygen atoms in total. The van der Waals surface area contributed by atoms with Gasteiger partial charge < -0.3 is 4.74 Å². The predicted octanol–water partition coefficient (Wildman–Crippen LogP) is 6.83. The fourth-order valence-electron chi connectivity index (χ4n) is 3.30. The van der Waals surface area contributed by atoms with Gasteiger partial charge in [0.15, 0.2) is 0 Å². The molecule has 0 N–H and O–H groups in total. The molecule has 6 heteroatoms. The lowest BCUT2D eigenvalue weighted by Crippen LogP contribution is -2.21. The van der Waals surface area contributed by atoms with E-state index in [-0.39, 0.29) is 5.91 Å². The van der Waals surface area contributed by atoms with E-state index in [2.05, 4.69) is 38.8 Å². The van der Waals surface area contributed by atoms with Gasteiger partial charge in [0.05, 0.1) is 22.3 Å². The van der Waals surface area contributed by atoms with Crippen LogP contribution in [0.15, 0.2) is 92.4 Å². The lowest BCUT2D eigenvalue weighted by molar-refractivity contribution is -0.114. The van der Waals surface area contributed by atoms with Gasteiger partial charge in [-0.2, -0.15) is 10.1 Å². The average molecular weight is 540 g/mol. The fourth-order valence-corrected chi connectivity index (χ4v) is 4.67. The summed E-state index contributed by atoms with van der Waals surface area (Å²) in [5.41, 5.74) is 3.55. The zero-order valence-electron chi connectivity index (χ0n) is 16.9. The normalized spacial score (nSPS) is 14.8. The number of rotatable bonds is 6. The standard InChI is InChI=1S/C25H20Br2N2O2/c1-2-13-31-24-18(14-19(26)16-22(24)27)15-21-23(17-9-5-3-6-10-17)28-29(25(21)30)20-11-7-4-8-12-20/h3-12,14-16H,2,13H2,1H3/b21-15-. The third-order valence-corrected chi connectivity index (χ3v) is 5.76. The van der Waals surface area contributed by atoms with Crippen LogP contribution in [-0.4, -0.2) is 18.2 Å². The van der Waals surface area contributed by atoms with Crippen molar-refractivity contribution >= 4 is 55.2 Å². The molecule has 4 rings (SSSR count). The largest absolute Gasteiger partial charge is 0.492 e. The predicted molar refractivity (Wildman–Crippen MR) is 133 cm³/mol. The molecular weight excluding hydrogens is 520 g/mol. The van der Waals surface area contributed by atoms with Crippen LogP contribution in [0.5, 0.6) is 5.75 Å². The zero-order chi connectivity index (χ0) is 21.8. The number of nitrogens with zero attached hydrogens (tertiary/aromatic N) is 2. The number of hydrogen-bond donors (Lipinski definition) is 0. The Bertz CT molecular complexity index is 1160. The number of para-hydroxylation sites is 1. The fraction of sp³-hybridized carbons (Fsp3) is 0.120. The van der Waals surface area contributed by atoms with Crippen LogP contribution in [0, 0.1) is 0 Å². The van der Waals surface area contributed by atoms with E-state index in [4.69, 9.17) is 9.84 Å². The second-order valence-corrected chi connectivity index (χ2v) is 8.75. The van der Waals surface area contributed by atoms with Crippen LogP contribution in [0.2, 0.25) is 0 Å². The van der Waals surface area contributed by atoms with Crippen LogP contribution in [0.25, 0.3) is 6.08 Å². The first-order valence-corrected chi connectivity index (χ1v) is 11.5. The highest BCUT2D eigenvalue weighted by atomic mass is 79.9. The Hall–Kier alpha value is -2.70. The molecule has 0 aliphatic carbocycles. The van der Waals surface area contributed by atoms with Crippen LogP contribution < -0.4 is 9.75 Å². The van der Waals surface area contributed by atoms with Crippen molar-refractivity contribution in [2.45, 2.75) is 13.3 Å². The van der Waals surface area contributed by atoms with E-state index in [9.17, 15) is 4.79 Å². The monoisotopic (exact) mass is 538 g/mol. The molecule has 0 fully saturated rings. The molecule has 0 radical (unpaired) electrons. The lowest BCUT2D eigenvalue weighted by Gasteiger charge is -2.13. The molecular formula is C25H20Br2N2O2. The smallest absolute Gasteiger partial charge is 0.281 e. The second-order valence-electron chi connectivity index (χ2n) is 6.98. The molecule has 1 heterocycles. The minimum Gasteiger partial charge on any atom is -0.492 e. The van der Waals surface area contributed by atoms with Crippen molar-refractivity contribution in [2.24, 2.45) is 5.10 Å². The van der Waals surface area contributed by atoms with Gasteiger partial charge in [-0.05, 0) is 52.7 Å². The first kappa shape index (κ1) is 21.5. The minimum absolute atomic E-state index is 0.178. The SMILES string of the molecule is CCCOc1c(Br)cc(Br)cc1/C=C1\C(=O)N(c2ccccc2)N=C1c1ccccc1. The summed E-state index contributed by atoms with van der Waals surface area (Å²) in [6.07, 6.45) is 2.74. The zero-order valence-corrected chi connectivity index (χ0v) is 20.1. The van der Waals surface area contributed by atoms with Crippen molar-refractivity contribution in [1.82, 2.24) is 0 Å². The van der Waals surface area contributed by atoms with Crippen molar-refractivity contribution < 1.29 is 9.53 Å². The van der Waals surface area contributed by atoms with E-state index in [0.29, 0.717) is 23.6 Å². The Balaban J connectivity index is 1.85. The summed E-state index contributed by atoms with van der Waals surface area (Å²) in [4.78, 5) is 13.5. The van der Waals surface area contributed by atoms with Crippen LogP contribution >= 0.6 is 31.9 Å². The molecule has 3 aromatic carbocycles. The molecule has 0 bridgehead atoms. The third kappa shape index (κ3) is 4.65. The summed E-state index contributed by atoms with van der Waals surface area (Å²) >= 11 is 7.14. The third-order valence-electron chi connectivity index (χ3n) is 4.71. The molecule has 0 atom stereocenters. The second kappa shape index (κ2) is 9.62. The molecule has 1 aliphatic rings. The topological polar surface area (TPSA) is 41.9 Å². The number of hydrogen-bond acceptors (Lipinski definition) is 3. The molecule has 0 saturated carbocycles. The maximum Gasteiger partial charge on any atom is 0.281 e. The Kier molecular flexibility index (Phi) is 6.68. The number of hydrazone groups is 1. The molecule has 31 heavy (non-hydrogen) atoms. The van der Waals surface area contributed by atoms with Crippen molar-refractivity contribution in [3.63, 3.8) is 0 Å². The van der Waals surface area contributed by atoms with E-state index < -0.39 is 0 Å². The maximum absolute atomic E-state index is 13.5. The Labute approximate surface area is 198 Å². The van der Waals surface area contributed by atoms with E-state index in [1.807, 2.05) is 78.9 Å². The van der Waals surface area contributed by atoms with Crippen molar-refractivity contribution in [3.8, 4) is 5.75 Å². The minimum atomic E-state index is -0.178. The molecule has 1 amide bonds. The summed E-state index contributed by atoms with van der Waals surface area (Å²) < 4.78 is 7.71. The van der Waals surface area contributed by atoms with Crippen molar-refractivity contribution in [3.05, 3.63) is 98.4 Å². The molecule has 1 aliphatic heterocycles. The van der Waals surface area contributed by atoms with Gasteiger partial charge in [0, 0.05) is 15.6 Å². The van der Waals surface area contributed by atoms with Gasteiger partial charge in [0.1, 0.15) is 11.5 Å². The summed E-state index contributed by atoms with van der Waals surface area (Å²) in [6.45, 7) is 2.64. The van der Waals surface area contributed by atoms with Crippen molar-refractivity contribution in [1.29, 1.82) is 0 Å². The van der Waals surface area contributed by atoms with Gasteiger partial charge >= 0.3 is 0 Å². The van der Waals surface area contributed by atoms with E-state index in [0.717, 1.165) is 32.2 Å². The molecule has 0 unspecified atom stereocenters. The van der Waals surface area contributed by atoms with E-state index in [1.54, 1.807) is 0 Å². The maximum atomic E-state index is 13.5. The number of anilines is 1. The summed E-state index contributed by atoms with van der Waals surface area (Å²) in [7, 11) is 0. The van der Waals surface area contributed by atoms with E-state index in [1.165, 1.54) is 5.01 Å². The highest BCUT2D eigenvalue weighted by Crippen LogP contribution is 2.36. The van der Waals surface area contributed by atoms with Crippen LogP contribution in [0.1, 0.15) is 24.5 Å². The van der Waals surface area contributed by atoms with Gasteiger partial charge in [-0.25, -0.2) is 0 Å². The average Bonchev–Trinajstić information content (AvgIpc) is 3.10. The van der Waals surface area contributed by atoms with Crippen molar-refractivity contribution in [2.75, 3.05) is 11.6 Å². The Morgan fingerprint density at radius 2 is 1.68 bits per heavy atom. The molecule has 3 aromatic rings. The summed E-state index contributed by atoms with van der Waals surface area (Å²) in [5.74, 6) is 0.526. The molecule has 0 spiro atoms. The quantitative estimate of drug-likeness (QED) is 0.322. The Morgan fingerprint density at radius 3 is 2.35 bits per heavy atom. The number of benzene rings is 3. The number of amides is 1. The highest BCUT2D eigenvalue weighted by molar-refractivity contribution is 9.11.